The van der Waals surface area contributed by atoms with Crippen LogP contribution in [-0.2, 0) is 21.7 Å². The third-order valence-corrected chi connectivity index (χ3v) is 15.8. The Bertz CT molecular complexity index is 3420. The van der Waals surface area contributed by atoms with Crippen LogP contribution in [0, 0.1) is 0 Å². The van der Waals surface area contributed by atoms with Crippen molar-refractivity contribution in [3.8, 4) is 27.9 Å². The summed E-state index contributed by atoms with van der Waals surface area (Å²) in [6.07, 6.45) is 2.31. The van der Waals surface area contributed by atoms with Crippen molar-refractivity contribution in [2.45, 2.75) is 96.8 Å². The second kappa shape index (κ2) is 14.6. The van der Waals surface area contributed by atoms with E-state index in [1.807, 2.05) is 0 Å². The van der Waals surface area contributed by atoms with E-state index < -0.39 is 0 Å². The van der Waals surface area contributed by atoms with Crippen LogP contribution < -0.4 is 21.1 Å². The highest BCUT2D eigenvalue weighted by atomic mass is 15.1. The first-order chi connectivity index (χ1) is 32.1. The van der Waals surface area contributed by atoms with Crippen LogP contribution in [0.2, 0.25) is 0 Å². The number of hydrogen-bond donors (Lipinski definition) is 1. The minimum atomic E-state index is -0.130. The van der Waals surface area contributed by atoms with Gasteiger partial charge in [0.15, 0.2) is 7.28 Å². The predicted octanol–water partition coefficient (Wildman–Crippen LogP) is 15.6. The zero-order valence-corrected chi connectivity index (χ0v) is 40.5. The molecule has 3 aliphatic rings. The molecule has 1 aliphatic heterocycles. The van der Waals surface area contributed by atoms with Crippen LogP contribution in [0.3, 0.4) is 0 Å². The quantitative estimate of drug-likeness (QED) is 0.168. The maximum absolute atomic E-state index is 3.92. The number of para-hydroxylation sites is 3. The lowest BCUT2D eigenvalue weighted by atomic mass is 9.58. The zero-order chi connectivity index (χ0) is 46.2. The van der Waals surface area contributed by atoms with Gasteiger partial charge in [0.25, 0.3) is 0 Å². The molecule has 1 N–H and O–H groups in total. The summed E-state index contributed by atoms with van der Waals surface area (Å²) < 4.78 is 2.67. The fraction of sp³-hybridized carbons (Fsp3) is 0.238. The second-order valence-electron chi connectivity index (χ2n) is 22.4. The van der Waals surface area contributed by atoms with Gasteiger partial charge in [-0.15, -0.1) is 0 Å². The Morgan fingerprint density at radius 2 is 1.15 bits per heavy atom. The number of nitrogens with zero attached hydrogens (tertiary/aromatic N) is 2. The van der Waals surface area contributed by atoms with Gasteiger partial charge >= 0.3 is 0 Å². The van der Waals surface area contributed by atoms with Gasteiger partial charge in [0, 0.05) is 50.2 Å². The van der Waals surface area contributed by atoms with Gasteiger partial charge in [-0.25, -0.2) is 0 Å². The van der Waals surface area contributed by atoms with Gasteiger partial charge in [0.05, 0.1) is 16.7 Å². The number of nitrogens with one attached hydrogen (secondary N) is 1. The van der Waals surface area contributed by atoms with E-state index in [2.05, 4.69) is 248 Å². The van der Waals surface area contributed by atoms with E-state index in [0.29, 0.717) is 0 Å². The zero-order valence-electron chi connectivity index (χ0n) is 40.5. The number of benzene rings is 8. The van der Waals surface area contributed by atoms with Crippen LogP contribution in [-0.4, -0.2) is 11.8 Å². The van der Waals surface area contributed by atoms with Crippen LogP contribution in [0.1, 0.15) is 103 Å². The lowest BCUT2D eigenvalue weighted by Gasteiger charge is -2.42. The minimum Gasteiger partial charge on any atom is -0.355 e. The first-order valence-corrected chi connectivity index (χ1v) is 24.3. The highest BCUT2D eigenvalue weighted by molar-refractivity contribution is 6.73. The van der Waals surface area contributed by atoms with Crippen molar-refractivity contribution in [1.82, 2.24) is 4.57 Å². The summed E-state index contributed by atoms with van der Waals surface area (Å²) >= 11 is 0. The molecule has 0 spiro atoms. The van der Waals surface area contributed by atoms with Crippen molar-refractivity contribution in [1.29, 1.82) is 0 Å². The third-order valence-electron chi connectivity index (χ3n) is 15.8. The van der Waals surface area contributed by atoms with E-state index in [9.17, 15) is 0 Å². The summed E-state index contributed by atoms with van der Waals surface area (Å²) in [5, 5.41) is 6.49. The number of anilines is 5. The maximum Gasteiger partial charge on any atom is 0.197 e. The lowest BCUT2D eigenvalue weighted by Crippen LogP contribution is -2.38. The first-order valence-electron chi connectivity index (χ1n) is 24.3. The molecular weight excluding hydrogens is 810 g/mol. The highest BCUT2D eigenvalue weighted by Crippen LogP contribution is 2.54. The summed E-state index contributed by atoms with van der Waals surface area (Å²) in [6.45, 7) is 21.5. The molecule has 329 valence electrons. The molecule has 8 aromatic carbocycles. The van der Waals surface area contributed by atoms with Gasteiger partial charge in [-0.3, -0.25) is 0 Å². The van der Waals surface area contributed by atoms with Gasteiger partial charge in [-0.2, -0.15) is 0 Å². The van der Waals surface area contributed by atoms with E-state index in [0.717, 1.165) is 46.8 Å². The topological polar surface area (TPSA) is 20.2 Å². The van der Waals surface area contributed by atoms with Crippen molar-refractivity contribution in [3.05, 3.63) is 192 Å². The molecule has 2 heterocycles. The fourth-order valence-corrected chi connectivity index (χ4v) is 11.9. The van der Waals surface area contributed by atoms with Gasteiger partial charge in [0.2, 0.25) is 0 Å². The average molecular weight is 869 g/mol. The molecule has 67 heavy (non-hydrogen) atoms. The molecule has 0 unspecified atom stereocenters. The molecule has 1 aromatic heterocycles. The molecule has 0 saturated heterocycles. The minimum absolute atomic E-state index is 0.0327. The van der Waals surface area contributed by atoms with Gasteiger partial charge in [-0.1, -0.05) is 165 Å². The Kier molecular flexibility index (Phi) is 9.08. The van der Waals surface area contributed by atoms with Crippen molar-refractivity contribution < 1.29 is 0 Å². The maximum atomic E-state index is 3.92. The summed E-state index contributed by atoms with van der Waals surface area (Å²) in [5.74, 6) is 0. The first kappa shape index (κ1) is 41.6. The molecule has 9 aromatic rings. The molecule has 4 heteroatoms. The van der Waals surface area contributed by atoms with Crippen LogP contribution in [0.15, 0.2) is 164 Å². The number of rotatable bonds is 6. The van der Waals surface area contributed by atoms with Crippen molar-refractivity contribution >= 4 is 68.4 Å². The van der Waals surface area contributed by atoms with E-state index in [1.165, 1.54) is 82.9 Å². The average Bonchev–Trinajstić information content (AvgIpc) is 3.77. The number of hydrogen-bond acceptors (Lipinski definition) is 2. The highest BCUT2D eigenvalue weighted by Gasteiger charge is 2.41. The smallest absolute Gasteiger partial charge is 0.197 e. The van der Waals surface area contributed by atoms with E-state index >= 15 is 0 Å². The van der Waals surface area contributed by atoms with Crippen molar-refractivity contribution in [2.75, 3.05) is 10.2 Å². The Morgan fingerprint density at radius 3 is 1.81 bits per heavy atom. The van der Waals surface area contributed by atoms with Crippen molar-refractivity contribution in [2.24, 2.45) is 0 Å². The molecular formula is C63H59BN3. The number of fused-ring (bicyclic) bond motifs is 9. The van der Waals surface area contributed by atoms with Crippen LogP contribution in [0.25, 0.3) is 49.7 Å². The van der Waals surface area contributed by atoms with Crippen LogP contribution in [0.4, 0.5) is 28.4 Å². The summed E-state index contributed by atoms with van der Waals surface area (Å²) in [4.78, 5) is 2.50. The molecule has 0 amide bonds. The molecule has 0 bridgehead atoms. The second-order valence-corrected chi connectivity index (χ2v) is 22.4. The van der Waals surface area contributed by atoms with Gasteiger partial charge in [0.1, 0.15) is 0 Å². The molecule has 12 rings (SSSR count). The van der Waals surface area contributed by atoms with E-state index in [4.69, 9.17) is 0 Å². The SMILES string of the molecule is CC(C)(C)c1ccc(Nc2ccccc2-c2cc(N(c3ccccc3)c3ccccc3)c3c4cc5c(cc4n4c3c2[B]c2cc3c(cc2-4)-c2ccccc2C3(C)C)C(C)(C)CCC5(C)C)cc1. The fourth-order valence-electron chi connectivity index (χ4n) is 11.9. The monoisotopic (exact) mass is 868 g/mol. The summed E-state index contributed by atoms with van der Waals surface area (Å²) in [5.41, 5.74) is 23.9. The Balaban J connectivity index is 1.23. The Morgan fingerprint density at radius 1 is 0.552 bits per heavy atom. The standard InChI is InChI=1S/C63H59BN3/c1-60(2,3)39-28-30-40(31-29-39)65-53-27-19-17-25-44(53)46-36-56(66(41-20-12-10-13-21-41)42-22-14-11-15-23-42)57-47-34-50-51(62(6,7)33-32-61(50,4)5)38-54(47)67-55-35-45-43-24-16-18-26-48(43)63(8,9)49(45)37-52(55)64-58(46)59(57)67/h10-31,34-38,65H,32-33H2,1-9H3. The molecule has 0 saturated carbocycles. The lowest BCUT2D eigenvalue weighted by molar-refractivity contribution is 0.332. The number of aromatic nitrogens is 1. The third kappa shape index (κ3) is 6.39. The molecule has 3 nitrogen and oxygen atoms in total. The van der Waals surface area contributed by atoms with Gasteiger partial charge in [-0.05, 0) is 146 Å². The largest absolute Gasteiger partial charge is 0.355 e. The molecule has 0 fully saturated rings. The van der Waals surface area contributed by atoms with E-state index in [1.54, 1.807) is 0 Å². The predicted molar refractivity (Wildman–Crippen MR) is 287 cm³/mol. The van der Waals surface area contributed by atoms with Crippen LogP contribution >= 0.6 is 0 Å². The van der Waals surface area contributed by atoms with Gasteiger partial charge < -0.3 is 14.8 Å². The summed E-state index contributed by atoms with van der Waals surface area (Å²) in [7, 11) is 2.52. The van der Waals surface area contributed by atoms with Crippen molar-refractivity contribution in [3.63, 3.8) is 0 Å². The van der Waals surface area contributed by atoms with Crippen LogP contribution in [0.5, 0.6) is 0 Å². The molecule has 2 aliphatic carbocycles. The Hall–Kier alpha value is -6.78. The molecule has 1 radical (unpaired) electrons. The Labute approximate surface area is 397 Å². The normalized spacial score (nSPS) is 15.9. The van der Waals surface area contributed by atoms with E-state index in [-0.39, 0.29) is 21.7 Å². The molecule has 0 atom stereocenters. The summed E-state index contributed by atoms with van der Waals surface area (Å²) in [6, 6.07) is 61.7.